The molecule has 1 saturated heterocycles. The van der Waals surface area contributed by atoms with Gasteiger partial charge in [-0.3, -0.25) is 14.5 Å². The molecule has 2 heterocycles. The number of rotatable bonds is 4. The average molecular weight is 309 g/mol. The van der Waals surface area contributed by atoms with Crippen molar-refractivity contribution in [2.45, 2.75) is 18.0 Å². The van der Waals surface area contributed by atoms with Crippen molar-refractivity contribution in [3.05, 3.63) is 23.9 Å². The number of nitrogens with zero attached hydrogens (tertiary/aromatic N) is 3. The number of amides is 1. The number of carbonyl (C=O) groups excluding carboxylic acids is 1. The van der Waals surface area contributed by atoms with Crippen LogP contribution in [0.15, 0.2) is 23.4 Å². The zero-order valence-corrected chi connectivity index (χ0v) is 13.0. The molecule has 1 fully saturated rings. The van der Waals surface area contributed by atoms with Gasteiger partial charge in [-0.25, -0.2) is 4.98 Å². The summed E-state index contributed by atoms with van der Waals surface area (Å²) in [5.74, 6) is -0.859. The second kappa shape index (κ2) is 6.91. The Morgan fingerprint density at radius 3 is 2.57 bits per heavy atom. The summed E-state index contributed by atoms with van der Waals surface area (Å²) in [5.41, 5.74) is 0.615. The topological polar surface area (TPSA) is 73.7 Å². The van der Waals surface area contributed by atoms with Crippen molar-refractivity contribution < 1.29 is 14.7 Å². The van der Waals surface area contributed by atoms with Gasteiger partial charge in [0.1, 0.15) is 11.1 Å². The molecule has 2 rings (SSSR count). The first kappa shape index (κ1) is 15.8. The van der Waals surface area contributed by atoms with Gasteiger partial charge in [-0.2, -0.15) is 0 Å². The Hall–Kier alpha value is -1.60. The minimum Gasteiger partial charge on any atom is -0.480 e. The van der Waals surface area contributed by atoms with Gasteiger partial charge in [-0.1, -0.05) is 0 Å². The van der Waals surface area contributed by atoms with E-state index < -0.39 is 12.0 Å². The van der Waals surface area contributed by atoms with Crippen LogP contribution < -0.4 is 0 Å². The van der Waals surface area contributed by atoms with Crippen LogP contribution in [0.5, 0.6) is 0 Å². The summed E-state index contributed by atoms with van der Waals surface area (Å²) in [7, 11) is 0. The highest BCUT2D eigenvalue weighted by Gasteiger charge is 2.28. The zero-order valence-electron chi connectivity index (χ0n) is 12.2. The molecule has 114 valence electrons. The number of carbonyl (C=O) groups is 2. The van der Waals surface area contributed by atoms with Gasteiger partial charge < -0.3 is 10.0 Å². The molecule has 0 aliphatic carbocycles. The van der Waals surface area contributed by atoms with Gasteiger partial charge >= 0.3 is 5.97 Å². The highest BCUT2D eigenvalue weighted by Crippen LogP contribution is 2.19. The fraction of sp³-hybridized carbons (Fsp3) is 0.500. The summed E-state index contributed by atoms with van der Waals surface area (Å²) in [6.07, 6.45) is 3.57. The summed E-state index contributed by atoms with van der Waals surface area (Å²) < 4.78 is 0. The lowest BCUT2D eigenvalue weighted by Gasteiger charge is -2.36. The molecule has 0 saturated carbocycles. The maximum absolute atomic E-state index is 12.5. The third-order valence-electron chi connectivity index (χ3n) is 3.70. The summed E-state index contributed by atoms with van der Waals surface area (Å²) >= 11 is 1.45. The van der Waals surface area contributed by atoms with Gasteiger partial charge in [-0.05, 0) is 25.3 Å². The van der Waals surface area contributed by atoms with Crippen LogP contribution in [0.4, 0.5) is 0 Å². The van der Waals surface area contributed by atoms with Gasteiger partial charge in [0.05, 0.1) is 5.56 Å². The van der Waals surface area contributed by atoms with Crippen molar-refractivity contribution >= 4 is 23.6 Å². The second-order valence-corrected chi connectivity index (χ2v) is 5.70. The van der Waals surface area contributed by atoms with Crippen LogP contribution in [0.1, 0.15) is 17.3 Å². The maximum Gasteiger partial charge on any atom is 0.320 e. The van der Waals surface area contributed by atoms with Crippen LogP contribution in [-0.2, 0) is 4.79 Å². The predicted octanol–water partition coefficient (Wildman–Crippen LogP) is 1.03. The molecule has 1 atom stereocenters. The fourth-order valence-electron chi connectivity index (χ4n) is 2.36. The van der Waals surface area contributed by atoms with Crippen molar-refractivity contribution in [3.8, 4) is 0 Å². The molecule has 1 aliphatic heterocycles. The molecular weight excluding hydrogens is 290 g/mol. The van der Waals surface area contributed by atoms with Crippen LogP contribution in [-0.4, -0.2) is 70.2 Å². The van der Waals surface area contributed by atoms with Crippen LogP contribution in [0, 0.1) is 0 Å². The van der Waals surface area contributed by atoms with Crippen molar-refractivity contribution in [1.29, 1.82) is 0 Å². The van der Waals surface area contributed by atoms with E-state index in [-0.39, 0.29) is 5.91 Å². The molecule has 0 spiro atoms. The zero-order chi connectivity index (χ0) is 15.4. The molecule has 1 unspecified atom stereocenters. The highest BCUT2D eigenvalue weighted by atomic mass is 32.2. The van der Waals surface area contributed by atoms with Gasteiger partial charge in [0, 0.05) is 32.4 Å². The SMILES string of the molecule is CSc1ncccc1C(=O)N1CCN(C(C)C(=O)O)CC1. The van der Waals surface area contributed by atoms with Gasteiger partial charge in [0.2, 0.25) is 0 Å². The molecule has 1 aromatic heterocycles. The Balaban J connectivity index is 2.02. The number of hydrogen-bond acceptors (Lipinski definition) is 5. The Bertz CT molecular complexity index is 530. The first-order valence-electron chi connectivity index (χ1n) is 6.79. The Kier molecular flexibility index (Phi) is 5.19. The minimum atomic E-state index is -0.827. The standard InChI is InChI=1S/C14H19N3O3S/c1-10(14(19)20)16-6-8-17(9-7-16)13(18)11-4-3-5-15-12(11)21-2/h3-5,10H,6-9H2,1-2H3,(H,19,20). The summed E-state index contributed by atoms with van der Waals surface area (Å²) in [5, 5.41) is 9.75. The molecule has 1 N–H and O–H groups in total. The van der Waals surface area contributed by atoms with E-state index in [4.69, 9.17) is 5.11 Å². The van der Waals surface area contributed by atoms with Gasteiger partial charge in [0.25, 0.3) is 5.91 Å². The molecule has 0 bridgehead atoms. The number of pyridine rings is 1. The second-order valence-electron chi connectivity index (χ2n) is 4.90. The van der Waals surface area contributed by atoms with Crippen molar-refractivity contribution in [1.82, 2.24) is 14.8 Å². The molecule has 1 aromatic rings. The van der Waals surface area contributed by atoms with E-state index in [1.807, 2.05) is 11.2 Å². The number of aliphatic carboxylic acids is 1. The smallest absolute Gasteiger partial charge is 0.320 e. The van der Waals surface area contributed by atoms with E-state index in [9.17, 15) is 9.59 Å². The summed E-state index contributed by atoms with van der Waals surface area (Å²) in [6, 6.07) is 3.03. The first-order chi connectivity index (χ1) is 10.0. The van der Waals surface area contributed by atoms with Crippen LogP contribution >= 0.6 is 11.8 Å². The average Bonchev–Trinajstić information content (AvgIpc) is 2.53. The van der Waals surface area contributed by atoms with Crippen molar-refractivity contribution in [2.24, 2.45) is 0 Å². The molecule has 0 radical (unpaired) electrons. The fourth-order valence-corrected chi connectivity index (χ4v) is 2.90. The van der Waals surface area contributed by atoms with E-state index in [0.29, 0.717) is 31.7 Å². The Morgan fingerprint density at radius 2 is 2.00 bits per heavy atom. The van der Waals surface area contributed by atoms with E-state index in [2.05, 4.69) is 4.98 Å². The monoisotopic (exact) mass is 309 g/mol. The molecule has 1 aliphatic rings. The number of carboxylic acid groups (broad SMARTS) is 1. The third kappa shape index (κ3) is 3.54. The predicted molar refractivity (Wildman–Crippen MR) is 80.6 cm³/mol. The van der Waals surface area contributed by atoms with Gasteiger partial charge in [-0.15, -0.1) is 11.8 Å². The normalized spacial score (nSPS) is 17.5. The number of thioether (sulfide) groups is 1. The molecule has 7 heteroatoms. The molecule has 6 nitrogen and oxygen atoms in total. The van der Waals surface area contributed by atoms with E-state index in [0.717, 1.165) is 5.03 Å². The van der Waals surface area contributed by atoms with Crippen LogP contribution in [0.2, 0.25) is 0 Å². The van der Waals surface area contributed by atoms with Crippen LogP contribution in [0.3, 0.4) is 0 Å². The number of aromatic nitrogens is 1. The lowest BCUT2D eigenvalue weighted by Crippen LogP contribution is -2.53. The Morgan fingerprint density at radius 1 is 1.33 bits per heavy atom. The number of carboxylic acids is 1. The number of hydrogen-bond donors (Lipinski definition) is 1. The quantitative estimate of drug-likeness (QED) is 0.838. The minimum absolute atomic E-state index is 0.0323. The van der Waals surface area contributed by atoms with E-state index in [1.165, 1.54) is 11.8 Å². The first-order valence-corrected chi connectivity index (χ1v) is 8.02. The molecule has 21 heavy (non-hydrogen) atoms. The van der Waals surface area contributed by atoms with Crippen molar-refractivity contribution in [3.63, 3.8) is 0 Å². The van der Waals surface area contributed by atoms with E-state index >= 15 is 0 Å². The lowest BCUT2D eigenvalue weighted by atomic mass is 10.2. The maximum atomic E-state index is 12.5. The van der Waals surface area contributed by atoms with E-state index in [1.54, 1.807) is 30.2 Å². The molecule has 1 amide bonds. The van der Waals surface area contributed by atoms with Gasteiger partial charge in [0.15, 0.2) is 0 Å². The van der Waals surface area contributed by atoms with Crippen molar-refractivity contribution in [2.75, 3.05) is 32.4 Å². The van der Waals surface area contributed by atoms with Crippen LogP contribution in [0.25, 0.3) is 0 Å². The summed E-state index contributed by atoms with van der Waals surface area (Å²) in [6.45, 7) is 3.91. The molecular formula is C14H19N3O3S. The summed E-state index contributed by atoms with van der Waals surface area (Å²) in [4.78, 5) is 31.4. The Labute approximate surface area is 128 Å². The number of piperazine rings is 1. The third-order valence-corrected chi connectivity index (χ3v) is 4.41. The largest absolute Gasteiger partial charge is 0.480 e. The molecule has 0 aromatic carbocycles. The highest BCUT2D eigenvalue weighted by molar-refractivity contribution is 7.98. The lowest BCUT2D eigenvalue weighted by molar-refractivity contribution is -0.143.